The molecule has 1 amide bonds. The summed E-state index contributed by atoms with van der Waals surface area (Å²) >= 11 is 0. The van der Waals surface area contributed by atoms with Crippen molar-refractivity contribution in [3.63, 3.8) is 0 Å². The van der Waals surface area contributed by atoms with Gasteiger partial charge in [0.25, 0.3) is 0 Å². The Morgan fingerprint density at radius 3 is 2.40 bits per heavy atom. The van der Waals surface area contributed by atoms with E-state index in [1.807, 2.05) is 19.1 Å². The van der Waals surface area contributed by atoms with Gasteiger partial charge in [-0.1, -0.05) is 6.92 Å². The number of aliphatic imine (C=N–C) groups is 1. The van der Waals surface area contributed by atoms with Gasteiger partial charge in [-0.05, 0) is 30.7 Å². The Bertz CT molecular complexity index is 567. The fraction of sp³-hybridized carbons (Fsp3) is 0.556. The summed E-state index contributed by atoms with van der Waals surface area (Å²) < 4.78 is 13.0. The summed E-state index contributed by atoms with van der Waals surface area (Å²) in [5, 5.41) is 6.12. The average Bonchev–Trinajstić information content (AvgIpc) is 2.64. The Morgan fingerprint density at radius 1 is 1.12 bits per heavy atom. The van der Waals surface area contributed by atoms with Crippen molar-refractivity contribution in [2.45, 2.75) is 19.8 Å². The molecule has 1 heterocycles. The highest BCUT2D eigenvalue weighted by atomic mass is 19.1. The molecule has 6 nitrogen and oxygen atoms in total. The zero-order valence-electron chi connectivity index (χ0n) is 15.1. The molecule has 0 aliphatic carbocycles. The standard InChI is InChI=1S/C18H28FN5O/c1-3-9-21-17(25)8-10-22-18(20-2)24-13-11-23(12-14-24)16-6-4-15(19)5-7-16/h4-7H,3,8-14H2,1-2H3,(H,20,22)(H,21,25). The molecule has 0 spiro atoms. The normalized spacial score (nSPS) is 15.2. The molecular weight excluding hydrogens is 321 g/mol. The van der Waals surface area contributed by atoms with E-state index < -0.39 is 0 Å². The fourth-order valence-corrected chi connectivity index (χ4v) is 2.80. The quantitative estimate of drug-likeness (QED) is 0.603. The minimum absolute atomic E-state index is 0.0610. The van der Waals surface area contributed by atoms with Gasteiger partial charge in [-0.3, -0.25) is 9.79 Å². The molecule has 0 saturated carbocycles. The fourth-order valence-electron chi connectivity index (χ4n) is 2.80. The molecule has 0 atom stereocenters. The van der Waals surface area contributed by atoms with Crippen LogP contribution in [0, 0.1) is 5.82 Å². The van der Waals surface area contributed by atoms with E-state index in [4.69, 9.17) is 0 Å². The molecule has 1 aliphatic rings. The molecule has 1 aromatic carbocycles. The van der Waals surface area contributed by atoms with Gasteiger partial charge in [0.2, 0.25) is 5.91 Å². The van der Waals surface area contributed by atoms with Crippen molar-refractivity contribution in [2.75, 3.05) is 51.2 Å². The number of carbonyl (C=O) groups excluding carboxylic acids is 1. The molecule has 1 fully saturated rings. The van der Waals surface area contributed by atoms with Crippen LogP contribution in [0.1, 0.15) is 19.8 Å². The van der Waals surface area contributed by atoms with Crippen LogP contribution in [0.2, 0.25) is 0 Å². The van der Waals surface area contributed by atoms with E-state index in [9.17, 15) is 9.18 Å². The van der Waals surface area contributed by atoms with Crippen LogP contribution in [0.4, 0.5) is 10.1 Å². The third kappa shape index (κ3) is 5.92. The first-order valence-electron chi connectivity index (χ1n) is 8.87. The maximum atomic E-state index is 13.0. The van der Waals surface area contributed by atoms with Gasteiger partial charge in [-0.25, -0.2) is 4.39 Å². The van der Waals surface area contributed by atoms with E-state index >= 15 is 0 Å². The topological polar surface area (TPSA) is 60.0 Å². The maximum Gasteiger partial charge on any atom is 0.221 e. The molecule has 1 saturated heterocycles. The smallest absolute Gasteiger partial charge is 0.221 e. The number of nitrogens with one attached hydrogen (secondary N) is 2. The predicted octanol–water partition coefficient (Wildman–Crippen LogP) is 1.44. The Labute approximate surface area is 149 Å². The minimum Gasteiger partial charge on any atom is -0.368 e. The predicted molar refractivity (Wildman–Crippen MR) is 99.5 cm³/mol. The maximum absolute atomic E-state index is 13.0. The van der Waals surface area contributed by atoms with E-state index in [-0.39, 0.29) is 11.7 Å². The van der Waals surface area contributed by atoms with Crippen molar-refractivity contribution in [1.82, 2.24) is 15.5 Å². The van der Waals surface area contributed by atoms with E-state index in [0.29, 0.717) is 13.0 Å². The molecule has 0 radical (unpaired) electrons. The van der Waals surface area contributed by atoms with Crippen molar-refractivity contribution in [1.29, 1.82) is 0 Å². The zero-order chi connectivity index (χ0) is 18.1. The van der Waals surface area contributed by atoms with Gasteiger partial charge in [0.15, 0.2) is 5.96 Å². The number of halogens is 1. The van der Waals surface area contributed by atoms with Crippen molar-refractivity contribution < 1.29 is 9.18 Å². The lowest BCUT2D eigenvalue weighted by Gasteiger charge is -2.37. The SMILES string of the molecule is CCCNC(=O)CCNC(=NC)N1CCN(c2ccc(F)cc2)CC1. The molecule has 0 unspecified atom stereocenters. The second-order valence-electron chi connectivity index (χ2n) is 6.02. The lowest BCUT2D eigenvalue weighted by molar-refractivity contribution is -0.120. The molecule has 7 heteroatoms. The van der Waals surface area contributed by atoms with Crippen LogP contribution in [-0.4, -0.2) is 63.1 Å². The summed E-state index contributed by atoms with van der Waals surface area (Å²) in [4.78, 5) is 20.4. The number of amides is 1. The van der Waals surface area contributed by atoms with Crippen molar-refractivity contribution in [3.05, 3.63) is 30.1 Å². The molecule has 2 rings (SSSR count). The van der Waals surface area contributed by atoms with Gasteiger partial charge in [-0.15, -0.1) is 0 Å². The first-order valence-corrected chi connectivity index (χ1v) is 8.87. The summed E-state index contributed by atoms with van der Waals surface area (Å²) in [6.45, 7) is 6.69. The van der Waals surface area contributed by atoms with Crippen LogP contribution >= 0.6 is 0 Å². The minimum atomic E-state index is -0.213. The third-order valence-corrected chi connectivity index (χ3v) is 4.19. The van der Waals surface area contributed by atoms with Crippen LogP contribution < -0.4 is 15.5 Å². The number of benzene rings is 1. The number of guanidine groups is 1. The van der Waals surface area contributed by atoms with Crippen molar-refractivity contribution >= 4 is 17.6 Å². The van der Waals surface area contributed by atoms with Crippen LogP contribution in [-0.2, 0) is 4.79 Å². The number of hydrogen-bond donors (Lipinski definition) is 2. The average molecular weight is 349 g/mol. The van der Waals surface area contributed by atoms with E-state index in [1.165, 1.54) is 12.1 Å². The Kier molecular flexibility index (Phi) is 7.50. The van der Waals surface area contributed by atoms with Gasteiger partial charge < -0.3 is 20.4 Å². The number of piperazine rings is 1. The highest BCUT2D eigenvalue weighted by molar-refractivity contribution is 5.81. The van der Waals surface area contributed by atoms with Gasteiger partial charge in [0.05, 0.1) is 0 Å². The highest BCUT2D eigenvalue weighted by Crippen LogP contribution is 2.16. The number of carbonyl (C=O) groups is 1. The Morgan fingerprint density at radius 2 is 1.80 bits per heavy atom. The van der Waals surface area contributed by atoms with E-state index in [1.54, 1.807) is 7.05 Å². The van der Waals surface area contributed by atoms with Crippen LogP contribution in [0.15, 0.2) is 29.3 Å². The molecule has 1 aliphatic heterocycles. The largest absolute Gasteiger partial charge is 0.368 e. The van der Waals surface area contributed by atoms with Crippen LogP contribution in [0.5, 0.6) is 0 Å². The van der Waals surface area contributed by atoms with Crippen molar-refractivity contribution in [3.8, 4) is 0 Å². The summed E-state index contributed by atoms with van der Waals surface area (Å²) in [5.74, 6) is 0.669. The number of hydrogen-bond acceptors (Lipinski definition) is 3. The van der Waals surface area contributed by atoms with Gasteiger partial charge in [-0.2, -0.15) is 0 Å². The van der Waals surface area contributed by atoms with Crippen molar-refractivity contribution in [2.24, 2.45) is 4.99 Å². The molecule has 25 heavy (non-hydrogen) atoms. The summed E-state index contributed by atoms with van der Waals surface area (Å²) in [6, 6.07) is 6.61. The first-order chi connectivity index (χ1) is 12.1. The Hall–Kier alpha value is -2.31. The van der Waals surface area contributed by atoms with Crippen LogP contribution in [0.25, 0.3) is 0 Å². The number of nitrogens with zero attached hydrogens (tertiary/aromatic N) is 3. The number of anilines is 1. The van der Waals surface area contributed by atoms with Gasteiger partial charge in [0, 0.05) is 58.4 Å². The van der Waals surface area contributed by atoms with Gasteiger partial charge >= 0.3 is 0 Å². The molecule has 138 valence electrons. The lowest BCUT2D eigenvalue weighted by Crippen LogP contribution is -2.52. The second-order valence-corrected chi connectivity index (χ2v) is 6.02. The monoisotopic (exact) mass is 349 g/mol. The highest BCUT2D eigenvalue weighted by Gasteiger charge is 2.19. The zero-order valence-corrected chi connectivity index (χ0v) is 15.1. The van der Waals surface area contributed by atoms with E-state index in [2.05, 4.69) is 25.4 Å². The van der Waals surface area contributed by atoms with Gasteiger partial charge in [0.1, 0.15) is 5.82 Å². The molecule has 0 bridgehead atoms. The molecule has 0 aromatic heterocycles. The summed E-state index contributed by atoms with van der Waals surface area (Å²) in [6.07, 6.45) is 1.38. The van der Waals surface area contributed by atoms with Crippen LogP contribution in [0.3, 0.4) is 0 Å². The first kappa shape index (κ1) is 19.0. The number of rotatable bonds is 6. The second kappa shape index (κ2) is 9.86. The molecule has 1 aromatic rings. The summed E-state index contributed by atoms with van der Waals surface area (Å²) in [7, 11) is 1.76. The Balaban J connectivity index is 1.76. The van der Waals surface area contributed by atoms with E-state index in [0.717, 1.165) is 50.8 Å². The third-order valence-electron chi connectivity index (χ3n) is 4.19. The lowest BCUT2D eigenvalue weighted by atomic mass is 10.2. The molecular formula is C18H28FN5O. The molecule has 2 N–H and O–H groups in total. The summed E-state index contributed by atoms with van der Waals surface area (Å²) in [5.41, 5.74) is 1.04.